The molecule has 0 atom stereocenters. The first-order valence-corrected chi connectivity index (χ1v) is 3.52. The van der Waals surface area contributed by atoms with Gasteiger partial charge < -0.3 is 5.21 Å². The molecule has 0 radical (unpaired) electrons. The molecule has 0 amide bonds. The number of hydrogen-bond donors (Lipinski definition) is 1. The molecule has 1 aliphatic heterocycles. The highest BCUT2D eigenvalue weighted by Crippen LogP contribution is 2.08. The van der Waals surface area contributed by atoms with Crippen molar-refractivity contribution >= 4 is 0 Å². The third kappa shape index (κ3) is 1.01. The first-order valence-electron chi connectivity index (χ1n) is 3.52. The van der Waals surface area contributed by atoms with E-state index in [9.17, 15) is 9.59 Å². The van der Waals surface area contributed by atoms with Gasteiger partial charge in [0.05, 0.1) is 11.3 Å². The molecule has 0 fully saturated rings. The van der Waals surface area contributed by atoms with Crippen molar-refractivity contribution < 1.29 is 5.21 Å². The zero-order valence-electron chi connectivity index (χ0n) is 6.39. The van der Waals surface area contributed by atoms with Crippen LogP contribution in [0.5, 0.6) is 0 Å². The maximum absolute atomic E-state index is 11.1. The van der Waals surface area contributed by atoms with E-state index in [1.54, 1.807) is 0 Å². The van der Waals surface area contributed by atoms with Crippen LogP contribution in [0.3, 0.4) is 0 Å². The molecule has 0 spiro atoms. The Morgan fingerprint density at radius 1 is 1.31 bits per heavy atom. The Morgan fingerprint density at radius 3 is 2.77 bits per heavy atom. The lowest BCUT2D eigenvalue weighted by Crippen LogP contribution is -2.19. The largest absolute Gasteiger partial charge is 0.410 e. The molecule has 0 unspecified atom stereocenters. The molecule has 64 valence electrons. The zero-order valence-corrected chi connectivity index (χ0v) is 6.39. The molecule has 2 aliphatic rings. The van der Waals surface area contributed by atoms with Crippen molar-refractivity contribution in [3.63, 3.8) is 0 Å². The van der Waals surface area contributed by atoms with E-state index >= 15 is 0 Å². The highest BCUT2D eigenvalue weighted by molar-refractivity contribution is 5.60. The Balaban J connectivity index is 2.99. The number of nitrogens with zero attached hydrogens (tertiary/aromatic N) is 2. The van der Waals surface area contributed by atoms with E-state index in [2.05, 4.69) is 10.1 Å². The molecule has 0 saturated heterocycles. The summed E-state index contributed by atoms with van der Waals surface area (Å²) in [6.07, 6.45) is 0. The fraction of sp³-hybridized carbons (Fsp3) is 0. The molecule has 5 nitrogen and oxygen atoms in total. The Labute approximate surface area is 71.6 Å². The summed E-state index contributed by atoms with van der Waals surface area (Å²) in [5.41, 5.74) is -0.895. The molecule has 1 aliphatic carbocycles. The minimum Gasteiger partial charge on any atom is -0.410 e. The summed E-state index contributed by atoms with van der Waals surface area (Å²) in [7, 11) is 0. The summed E-state index contributed by atoms with van der Waals surface area (Å²) in [6, 6.07) is 4.26. The standard InChI is InChI=1S/C8H4N2O3/c11-7-5-3-4(10-13)1-2-6(5)9-8(7)12/h1-3,13H. The summed E-state index contributed by atoms with van der Waals surface area (Å²) >= 11 is 0. The lowest BCUT2D eigenvalue weighted by atomic mass is 10.1. The quantitative estimate of drug-likeness (QED) is 0.319. The van der Waals surface area contributed by atoms with Gasteiger partial charge in [-0.3, -0.25) is 9.59 Å². The highest BCUT2D eigenvalue weighted by atomic mass is 16.4. The second kappa shape index (κ2) is 2.48. The van der Waals surface area contributed by atoms with Crippen molar-refractivity contribution in [2.75, 3.05) is 0 Å². The normalized spacial score (nSPS) is 12.5. The third-order valence-electron chi connectivity index (χ3n) is 1.76. The van der Waals surface area contributed by atoms with Crippen molar-refractivity contribution in [2.24, 2.45) is 5.16 Å². The third-order valence-corrected chi connectivity index (χ3v) is 1.76. The average molecular weight is 176 g/mol. The van der Waals surface area contributed by atoms with Gasteiger partial charge in [0.25, 0.3) is 5.43 Å². The molecule has 5 heteroatoms. The number of rotatable bonds is 0. The minimum absolute atomic E-state index is 0.195. The van der Waals surface area contributed by atoms with Crippen LogP contribution in [0, 0.1) is 0 Å². The number of fused-ring (bicyclic) bond motifs is 1. The van der Waals surface area contributed by atoms with E-state index in [1.165, 1.54) is 18.2 Å². The van der Waals surface area contributed by atoms with E-state index in [-0.39, 0.29) is 10.9 Å². The van der Waals surface area contributed by atoms with Crippen LogP contribution in [-0.4, -0.2) is 10.2 Å². The first kappa shape index (κ1) is 7.60. The van der Waals surface area contributed by atoms with Gasteiger partial charge in [-0.2, -0.15) is 0 Å². The van der Waals surface area contributed by atoms with Gasteiger partial charge in [0, 0.05) is 0 Å². The summed E-state index contributed by atoms with van der Waals surface area (Å²) < 4.78 is 0. The molecule has 13 heavy (non-hydrogen) atoms. The molecular weight excluding hydrogens is 172 g/mol. The van der Waals surface area contributed by atoms with Gasteiger partial charge in [-0.15, -0.1) is 0 Å². The van der Waals surface area contributed by atoms with E-state index in [0.717, 1.165) is 0 Å². The maximum Gasteiger partial charge on any atom is 0.318 e. The molecule has 0 saturated carbocycles. The van der Waals surface area contributed by atoms with Gasteiger partial charge >= 0.3 is 5.56 Å². The Bertz CT molecular complexity index is 566. The number of aromatic nitrogens is 1. The zero-order chi connectivity index (χ0) is 9.42. The second-order valence-electron chi connectivity index (χ2n) is 2.55. The molecule has 0 aromatic carbocycles. The Kier molecular flexibility index (Phi) is 1.45. The van der Waals surface area contributed by atoms with Crippen LogP contribution in [0.15, 0.2) is 32.9 Å². The number of benzene rings is 1. The van der Waals surface area contributed by atoms with E-state index in [4.69, 9.17) is 5.21 Å². The smallest absolute Gasteiger partial charge is 0.318 e. The minimum atomic E-state index is -0.773. The monoisotopic (exact) mass is 176 g/mol. The second-order valence-corrected chi connectivity index (χ2v) is 2.55. The molecule has 0 aromatic heterocycles. The van der Waals surface area contributed by atoms with Crippen molar-refractivity contribution in [3.05, 3.63) is 44.1 Å². The first-order chi connectivity index (χ1) is 6.22. The predicted molar refractivity (Wildman–Crippen MR) is 43.1 cm³/mol. The Morgan fingerprint density at radius 2 is 2.08 bits per heavy atom. The van der Waals surface area contributed by atoms with Crippen molar-refractivity contribution in [3.8, 4) is 11.3 Å². The van der Waals surface area contributed by atoms with Crippen LogP contribution in [0.2, 0.25) is 0 Å². The van der Waals surface area contributed by atoms with E-state index in [1.807, 2.05) is 0 Å². The van der Waals surface area contributed by atoms with Gasteiger partial charge in [-0.05, 0) is 18.2 Å². The topological polar surface area (TPSA) is 79.6 Å². The van der Waals surface area contributed by atoms with Gasteiger partial charge in [-0.25, -0.2) is 4.98 Å². The SMILES string of the molecule is O=c1nc2ccc(=NO)cc-2c1=O. The molecule has 2 rings (SSSR count). The lowest BCUT2D eigenvalue weighted by Gasteiger charge is -1.90. The Hall–Kier alpha value is -2.04. The summed E-state index contributed by atoms with van der Waals surface area (Å²) in [5, 5.41) is 11.6. The van der Waals surface area contributed by atoms with Crippen LogP contribution >= 0.6 is 0 Å². The fourth-order valence-electron chi connectivity index (χ4n) is 1.14. The van der Waals surface area contributed by atoms with Gasteiger partial charge in [0.15, 0.2) is 0 Å². The van der Waals surface area contributed by atoms with Crippen molar-refractivity contribution in [2.45, 2.75) is 0 Å². The van der Waals surface area contributed by atoms with Crippen LogP contribution in [0.1, 0.15) is 0 Å². The van der Waals surface area contributed by atoms with Gasteiger partial charge in [0.1, 0.15) is 5.36 Å². The maximum atomic E-state index is 11.1. The molecule has 1 N–H and O–H groups in total. The fourth-order valence-corrected chi connectivity index (χ4v) is 1.14. The van der Waals surface area contributed by atoms with Gasteiger partial charge in [-0.1, -0.05) is 5.16 Å². The summed E-state index contributed by atoms with van der Waals surface area (Å²) in [6.45, 7) is 0. The summed E-state index contributed by atoms with van der Waals surface area (Å²) in [4.78, 5) is 25.4. The molecule has 0 bridgehead atoms. The van der Waals surface area contributed by atoms with Gasteiger partial charge in [0.2, 0.25) is 0 Å². The van der Waals surface area contributed by atoms with Crippen LogP contribution in [0.4, 0.5) is 0 Å². The molecular formula is C8H4N2O3. The van der Waals surface area contributed by atoms with E-state index in [0.29, 0.717) is 5.69 Å². The lowest BCUT2D eigenvalue weighted by molar-refractivity contribution is 0.302. The summed E-state index contributed by atoms with van der Waals surface area (Å²) in [5.74, 6) is 0. The van der Waals surface area contributed by atoms with Crippen LogP contribution in [-0.2, 0) is 0 Å². The van der Waals surface area contributed by atoms with Crippen molar-refractivity contribution in [1.82, 2.24) is 4.98 Å². The highest BCUT2D eigenvalue weighted by Gasteiger charge is 2.12. The van der Waals surface area contributed by atoms with E-state index < -0.39 is 11.0 Å². The number of hydrogen-bond acceptors (Lipinski definition) is 5. The molecule has 0 aromatic rings. The van der Waals surface area contributed by atoms with Crippen molar-refractivity contribution in [1.29, 1.82) is 0 Å². The predicted octanol–water partition coefficient (Wildman–Crippen LogP) is -0.928. The molecule has 1 heterocycles. The van der Waals surface area contributed by atoms with Crippen LogP contribution < -0.4 is 16.3 Å². The van der Waals surface area contributed by atoms with Crippen LogP contribution in [0.25, 0.3) is 11.3 Å². The average Bonchev–Trinajstić information content (AvgIpc) is 2.43.